The molecule has 3 heterocycles. The van der Waals surface area contributed by atoms with E-state index in [0.29, 0.717) is 53.7 Å². The van der Waals surface area contributed by atoms with Gasteiger partial charge in [-0.3, -0.25) is 4.79 Å². The van der Waals surface area contributed by atoms with Crippen LogP contribution in [0.15, 0.2) is 30.5 Å². The summed E-state index contributed by atoms with van der Waals surface area (Å²) in [4.78, 5) is 18.6. The van der Waals surface area contributed by atoms with E-state index in [1.165, 1.54) is 18.2 Å². The smallest absolute Gasteiger partial charge is 0.254 e. The second kappa shape index (κ2) is 6.53. The number of amides is 1. The molecule has 0 N–H and O–H groups in total. The van der Waals surface area contributed by atoms with Crippen LogP contribution in [0.25, 0.3) is 11.5 Å². The number of carbonyl (C=O) groups excluding carboxylic acids is 1. The molecule has 0 radical (unpaired) electrons. The van der Waals surface area contributed by atoms with Gasteiger partial charge in [0.2, 0.25) is 0 Å². The van der Waals surface area contributed by atoms with Crippen LogP contribution in [0.2, 0.25) is 0 Å². The number of halogens is 2. The van der Waals surface area contributed by atoms with Crippen molar-refractivity contribution in [2.45, 2.75) is 26.9 Å². The highest BCUT2D eigenvalue weighted by Crippen LogP contribution is 2.23. The first-order chi connectivity index (χ1) is 13.0. The number of carbonyl (C=O) groups is 1. The molecule has 8 heteroatoms. The number of aromatic nitrogens is 4. The summed E-state index contributed by atoms with van der Waals surface area (Å²) >= 11 is 0. The normalized spacial score (nSPS) is 13.6. The number of pyridine rings is 1. The van der Waals surface area contributed by atoms with Crippen LogP contribution in [-0.4, -0.2) is 37.1 Å². The van der Waals surface area contributed by atoms with E-state index in [-0.39, 0.29) is 11.7 Å². The second-order valence-corrected chi connectivity index (χ2v) is 6.52. The molecule has 0 atom stereocenters. The van der Waals surface area contributed by atoms with E-state index in [0.717, 1.165) is 6.20 Å². The minimum Gasteiger partial charge on any atom is -0.329 e. The quantitative estimate of drug-likeness (QED) is 0.697. The maximum Gasteiger partial charge on any atom is 0.254 e. The van der Waals surface area contributed by atoms with Gasteiger partial charge in [-0.25, -0.2) is 13.8 Å². The number of hydrogen-bond acceptors (Lipinski definition) is 4. The molecule has 0 saturated heterocycles. The first-order valence-electron chi connectivity index (χ1n) is 8.54. The molecule has 138 valence electrons. The standard InChI is InChI=1S/C19H17F2N5O/c1-11-12(2)15(21)5-4-14(11)19(27)25-7-8-26-17(10-25)23-24-18(26)16-6-3-13(20)9-22-16/h3-6,9H,7-8,10H2,1-2H3. The summed E-state index contributed by atoms with van der Waals surface area (Å²) in [5.74, 6) is 0.280. The Morgan fingerprint density at radius 3 is 2.59 bits per heavy atom. The Morgan fingerprint density at radius 1 is 1.04 bits per heavy atom. The van der Waals surface area contributed by atoms with Crippen molar-refractivity contribution in [1.29, 1.82) is 0 Å². The van der Waals surface area contributed by atoms with Gasteiger partial charge in [0.1, 0.15) is 17.3 Å². The third-order valence-electron chi connectivity index (χ3n) is 4.95. The van der Waals surface area contributed by atoms with E-state index in [9.17, 15) is 13.6 Å². The van der Waals surface area contributed by atoms with Crippen LogP contribution in [0, 0.1) is 25.5 Å². The number of rotatable bonds is 2. The summed E-state index contributed by atoms with van der Waals surface area (Å²) < 4.78 is 28.6. The topological polar surface area (TPSA) is 63.9 Å². The van der Waals surface area contributed by atoms with Crippen molar-refractivity contribution >= 4 is 5.91 Å². The number of nitrogens with zero attached hydrogens (tertiary/aromatic N) is 5. The van der Waals surface area contributed by atoms with E-state index in [1.807, 2.05) is 4.57 Å². The van der Waals surface area contributed by atoms with Gasteiger partial charge in [-0.1, -0.05) is 0 Å². The van der Waals surface area contributed by atoms with Crippen molar-refractivity contribution in [3.63, 3.8) is 0 Å². The molecule has 0 aliphatic carbocycles. The summed E-state index contributed by atoms with van der Waals surface area (Å²) in [6.45, 7) is 4.67. The molecule has 1 aliphatic heterocycles. The van der Waals surface area contributed by atoms with E-state index in [4.69, 9.17) is 0 Å². The van der Waals surface area contributed by atoms with E-state index >= 15 is 0 Å². The van der Waals surface area contributed by atoms with Gasteiger partial charge in [0.15, 0.2) is 11.6 Å². The molecule has 1 aliphatic rings. The zero-order chi connectivity index (χ0) is 19.1. The Balaban J connectivity index is 1.60. The van der Waals surface area contributed by atoms with E-state index < -0.39 is 5.82 Å². The van der Waals surface area contributed by atoms with Gasteiger partial charge >= 0.3 is 0 Å². The predicted octanol–water partition coefficient (Wildman–Crippen LogP) is 2.89. The Morgan fingerprint density at radius 2 is 1.85 bits per heavy atom. The molecule has 2 aromatic heterocycles. The monoisotopic (exact) mass is 369 g/mol. The van der Waals surface area contributed by atoms with Gasteiger partial charge in [-0.2, -0.15) is 0 Å². The molecule has 0 spiro atoms. The van der Waals surface area contributed by atoms with Crippen LogP contribution < -0.4 is 0 Å². The first-order valence-corrected chi connectivity index (χ1v) is 8.54. The van der Waals surface area contributed by atoms with Gasteiger partial charge < -0.3 is 9.47 Å². The van der Waals surface area contributed by atoms with Crippen molar-refractivity contribution in [3.05, 3.63) is 64.6 Å². The summed E-state index contributed by atoms with van der Waals surface area (Å²) in [5, 5.41) is 8.31. The lowest BCUT2D eigenvalue weighted by Crippen LogP contribution is -2.39. The molecular formula is C19H17F2N5O. The molecule has 3 aromatic rings. The zero-order valence-corrected chi connectivity index (χ0v) is 14.9. The number of hydrogen-bond donors (Lipinski definition) is 0. The van der Waals surface area contributed by atoms with Crippen LogP contribution in [0.5, 0.6) is 0 Å². The minimum absolute atomic E-state index is 0.161. The van der Waals surface area contributed by atoms with Crippen molar-refractivity contribution in [2.75, 3.05) is 6.54 Å². The molecule has 0 fully saturated rings. The Labute approximate surface area is 154 Å². The predicted molar refractivity (Wildman–Crippen MR) is 93.8 cm³/mol. The van der Waals surface area contributed by atoms with Gasteiger partial charge in [-0.15, -0.1) is 10.2 Å². The van der Waals surface area contributed by atoms with Gasteiger partial charge in [0.05, 0.1) is 12.7 Å². The largest absolute Gasteiger partial charge is 0.329 e. The highest BCUT2D eigenvalue weighted by Gasteiger charge is 2.27. The molecule has 0 bridgehead atoms. The Kier molecular flexibility index (Phi) is 4.18. The summed E-state index contributed by atoms with van der Waals surface area (Å²) in [6, 6.07) is 5.71. The number of benzene rings is 1. The average molecular weight is 369 g/mol. The molecule has 0 unspecified atom stereocenters. The maximum absolute atomic E-state index is 13.7. The fourth-order valence-electron chi connectivity index (χ4n) is 3.22. The van der Waals surface area contributed by atoms with Crippen LogP contribution in [0.4, 0.5) is 8.78 Å². The SMILES string of the molecule is Cc1c(F)ccc(C(=O)N2CCn3c(nnc3-c3ccc(F)cn3)C2)c1C. The lowest BCUT2D eigenvalue weighted by Gasteiger charge is -2.28. The Hall–Kier alpha value is -3.16. The van der Waals surface area contributed by atoms with Gasteiger partial charge in [0.25, 0.3) is 5.91 Å². The van der Waals surface area contributed by atoms with Gasteiger partial charge in [0, 0.05) is 18.7 Å². The molecule has 4 rings (SSSR count). The fraction of sp³-hybridized carbons (Fsp3) is 0.263. The van der Waals surface area contributed by atoms with Crippen molar-refractivity contribution < 1.29 is 13.6 Å². The minimum atomic E-state index is -0.418. The van der Waals surface area contributed by atoms with Crippen LogP contribution in [0.3, 0.4) is 0 Å². The Bertz CT molecular complexity index is 1030. The molecule has 1 amide bonds. The lowest BCUT2D eigenvalue weighted by atomic mass is 10.0. The van der Waals surface area contributed by atoms with Crippen molar-refractivity contribution in [1.82, 2.24) is 24.6 Å². The molecule has 1 aromatic carbocycles. The third kappa shape index (κ3) is 2.97. The van der Waals surface area contributed by atoms with Crippen LogP contribution in [0.1, 0.15) is 27.3 Å². The lowest BCUT2D eigenvalue weighted by molar-refractivity contribution is 0.0707. The van der Waals surface area contributed by atoms with Gasteiger partial charge in [-0.05, 0) is 49.2 Å². The van der Waals surface area contributed by atoms with Crippen LogP contribution >= 0.6 is 0 Å². The second-order valence-electron chi connectivity index (χ2n) is 6.52. The average Bonchev–Trinajstić information content (AvgIpc) is 3.09. The maximum atomic E-state index is 13.7. The summed E-state index contributed by atoms with van der Waals surface area (Å²) in [6.07, 6.45) is 1.13. The summed E-state index contributed by atoms with van der Waals surface area (Å²) in [7, 11) is 0. The molecule has 0 saturated carbocycles. The highest BCUT2D eigenvalue weighted by atomic mass is 19.1. The van der Waals surface area contributed by atoms with Crippen molar-refractivity contribution in [3.8, 4) is 11.5 Å². The third-order valence-corrected chi connectivity index (χ3v) is 4.95. The molecule has 27 heavy (non-hydrogen) atoms. The van der Waals surface area contributed by atoms with Crippen LogP contribution in [-0.2, 0) is 13.1 Å². The molecule has 6 nitrogen and oxygen atoms in total. The molecular weight excluding hydrogens is 352 g/mol. The summed E-state index contributed by atoms with van der Waals surface area (Å²) in [5.41, 5.74) is 2.14. The van der Waals surface area contributed by atoms with Crippen molar-refractivity contribution in [2.24, 2.45) is 0 Å². The highest BCUT2D eigenvalue weighted by molar-refractivity contribution is 5.96. The fourth-order valence-corrected chi connectivity index (χ4v) is 3.22. The zero-order valence-electron chi connectivity index (χ0n) is 14.9. The number of fused-ring (bicyclic) bond motifs is 1. The van der Waals surface area contributed by atoms with E-state index in [1.54, 1.807) is 24.8 Å². The first kappa shape index (κ1) is 17.3. The van der Waals surface area contributed by atoms with E-state index in [2.05, 4.69) is 15.2 Å².